The highest BCUT2D eigenvalue weighted by atomic mass is 16.5. The first-order chi connectivity index (χ1) is 17.4. The fourth-order valence-electron chi connectivity index (χ4n) is 4.02. The number of aryl methyl sites for hydroxylation is 2. The van der Waals surface area contributed by atoms with E-state index in [2.05, 4.69) is 12.2 Å². The van der Waals surface area contributed by atoms with Crippen LogP contribution in [0.25, 0.3) is 0 Å². The molecular formula is C31H38N2O3. The molecule has 0 fully saturated rings. The molecular weight excluding hydrogens is 448 g/mol. The summed E-state index contributed by atoms with van der Waals surface area (Å²) < 4.78 is 5.88. The molecule has 3 aromatic carbocycles. The number of nitrogens with one attached hydrogen (secondary N) is 1. The van der Waals surface area contributed by atoms with Crippen molar-refractivity contribution in [1.82, 2.24) is 10.2 Å². The smallest absolute Gasteiger partial charge is 0.261 e. The van der Waals surface area contributed by atoms with Gasteiger partial charge in [-0.2, -0.15) is 0 Å². The standard InChI is InChI=1S/C31H38N2O3/c1-5-24(4)32-31(35)29(20-26-13-8-7-9-14-26)33(21-27-15-11-10-12-23(27)3)30(34)22-36-28-18-16-25(6-2)17-19-28/h7-19,24,29H,5-6,20-22H2,1-4H3,(H,32,35)/t24-,29+/m1/s1. The van der Waals surface area contributed by atoms with E-state index in [0.29, 0.717) is 18.7 Å². The minimum absolute atomic E-state index is 0.0134. The second-order valence-corrected chi connectivity index (χ2v) is 9.26. The molecule has 0 aromatic heterocycles. The molecule has 0 heterocycles. The number of hydrogen-bond acceptors (Lipinski definition) is 3. The molecule has 0 aliphatic heterocycles. The van der Waals surface area contributed by atoms with E-state index in [4.69, 9.17) is 4.74 Å². The van der Waals surface area contributed by atoms with Crippen LogP contribution in [0.1, 0.15) is 49.4 Å². The van der Waals surface area contributed by atoms with Crippen LogP contribution in [0.5, 0.6) is 5.75 Å². The van der Waals surface area contributed by atoms with Crippen LogP contribution >= 0.6 is 0 Å². The van der Waals surface area contributed by atoms with Gasteiger partial charge in [0.1, 0.15) is 11.8 Å². The van der Waals surface area contributed by atoms with Crippen molar-refractivity contribution in [2.75, 3.05) is 6.61 Å². The number of nitrogens with zero attached hydrogens (tertiary/aromatic N) is 1. The minimum atomic E-state index is -0.667. The second kappa shape index (κ2) is 13.5. The van der Waals surface area contributed by atoms with Crippen LogP contribution in [0, 0.1) is 6.92 Å². The third kappa shape index (κ3) is 7.70. The van der Waals surface area contributed by atoms with Gasteiger partial charge in [-0.15, -0.1) is 0 Å². The van der Waals surface area contributed by atoms with Gasteiger partial charge < -0.3 is 15.0 Å². The molecule has 2 amide bonds. The fourth-order valence-corrected chi connectivity index (χ4v) is 4.02. The molecule has 3 aromatic rings. The molecule has 0 spiro atoms. The molecule has 0 radical (unpaired) electrons. The second-order valence-electron chi connectivity index (χ2n) is 9.26. The monoisotopic (exact) mass is 486 g/mol. The van der Waals surface area contributed by atoms with Crippen molar-refractivity contribution >= 4 is 11.8 Å². The van der Waals surface area contributed by atoms with Crippen LogP contribution < -0.4 is 10.1 Å². The highest BCUT2D eigenvalue weighted by Crippen LogP contribution is 2.19. The average molecular weight is 487 g/mol. The highest BCUT2D eigenvalue weighted by molar-refractivity contribution is 5.88. The molecule has 0 aliphatic carbocycles. The average Bonchev–Trinajstić information content (AvgIpc) is 2.91. The maximum absolute atomic E-state index is 13.7. The van der Waals surface area contributed by atoms with Crippen molar-refractivity contribution in [2.45, 2.75) is 65.6 Å². The molecule has 3 rings (SSSR count). The number of carbonyl (C=O) groups excluding carboxylic acids is 2. The molecule has 0 saturated carbocycles. The van der Waals surface area contributed by atoms with Crippen LogP contribution in [0.2, 0.25) is 0 Å². The number of ether oxygens (including phenoxy) is 1. The van der Waals surface area contributed by atoms with E-state index in [1.807, 2.05) is 99.6 Å². The zero-order valence-electron chi connectivity index (χ0n) is 21.9. The first-order valence-corrected chi connectivity index (χ1v) is 12.8. The van der Waals surface area contributed by atoms with Gasteiger partial charge in [0.05, 0.1) is 0 Å². The first kappa shape index (κ1) is 27.0. The predicted molar refractivity (Wildman–Crippen MR) is 145 cm³/mol. The van der Waals surface area contributed by atoms with Crippen molar-refractivity contribution in [3.63, 3.8) is 0 Å². The number of rotatable bonds is 12. The molecule has 2 atom stereocenters. The summed E-state index contributed by atoms with van der Waals surface area (Å²) in [6, 6.07) is 24.9. The summed E-state index contributed by atoms with van der Waals surface area (Å²) in [5.41, 5.74) is 4.29. The molecule has 0 aliphatic rings. The van der Waals surface area contributed by atoms with Crippen LogP contribution in [-0.4, -0.2) is 35.4 Å². The zero-order valence-corrected chi connectivity index (χ0v) is 21.9. The maximum Gasteiger partial charge on any atom is 0.261 e. The van der Waals surface area contributed by atoms with E-state index in [9.17, 15) is 9.59 Å². The summed E-state index contributed by atoms with van der Waals surface area (Å²) in [7, 11) is 0. The predicted octanol–water partition coefficient (Wildman–Crippen LogP) is 5.49. The summed E-state index contributed by atoms with van der Waals surface area (Å²) in [5.74, 6) is 0.264. The van der Waals surface area contributed by atoms with Crippen molar-refractivity contribution in [1.29, 1.82) is 0 Å². The summed E-state index contributed by atoms with van der Waals surface area (Å²) in [5, 5.41) is 3.10. The van der Waals surface area contributed by atoms with Crippen molar-refractivity contribution in [2.24, 2.45) is 0 Å². The molecule has 0 saturated heterocycles. The van der Waals surface area contributed by atoms with E-state index in [0.717, 1.165) is 29.5 Å². The zero-order chi connectivity index (χ0) is 25.9. The molecule has 5 heteroatoms. The van der Waals surface area contributed by atoms with Gasteiger partial charge in [-0.25, -0.2) is 0 Å². The highest BCUT2D eigenvalue weighted by Gasteiger charge is 2.31. The third-order valence-electron chi connectivity index (χ3n) is 6.57. The van der Waals surface area contributed by atoms with Gasteiger partial charge in [-0.1, -0.05) is 80.6 Å². The number of carbonyl (C=O) groups is 2. The van der Waals surface area contributed by atoms with Gasteiger partial charge in [-0.3, -0.25) is 9.59 Å². The van der Waals surface area contributed by atoms with Gasteiger partial charge in [0.2, 0.25) is 5.91 Å². The Hall–Kier alpha value is -3.60. The summed E-state index contributed by atoms with van der Waals surface area (Å²) in [6.45, 7) is 8.32. The molecule has 1 N–H and O–H groups in total. The summed E-state index contributed by atoms with van der Waals surface area (Å²) in [6.07, 6.45) is 2.17. The maximum atomic E-state index is 13.7. The fraction of sp³-hybridized carbons (Fsp3) is 0.355. The van der Waals surface area contributed by atoms with Crippen molar-refractivity contribution in [3.05, 3.63) is 101 Å². The Balaban J connectivity index is 1.90. The SMILES string of the molecule is CCc1ccc(OCC(=O)N(Cc2ccccc2C)[C@@H](Cc2ccccc2)C(=O)N[C@H](C)CC)cc1. The Bertz CT molecular complexity index is 1110. The Kier molecular flexibility index (Phi) is 10.1. The lowest BCUT2D eigenvalue weighted by molar-refractivity contribution is -0.143. The van der Waals surface area contributed by atoms with Crippen LogP contribution in [0.15, 0.2) is 78.9 Å². The van der Waals surface area contributed by atoms with Crippen molar-refractivity contribution < 1.29 is 14.3 Å². The number of benzene rings is 3. The normalized spacial score (nSPS) is 12.4. The van der Waals surface area contributed by atoms with Gasteiger partial charge in [0.15, 0.2) is 6.61 Å². The number of hydrogen-bond donors (Lipinski definition) is 1. The lowest BCUT2D eigenvalue weighted by atomic mass is 10.0. The van der Waals surface area contributed by atoms with Crippen LogP contribution in [0.3, 0.4) is 0 Å². The summed E-state index contributed by atoms with van der Waals surface area (Å²) in [4.78, 5) is 28.9. The lowest BCUT2D eigenvalue weighted by Gasteiger charge is -2.32. The molecule has 0 bridgehead atoms. The molecule has 5 nitrogen and oxygen atoms in total. The summed E-state index contributed by atoms with van der Waals surface area (Å²) >= 11 is 0. The minimum Gasteiger partial charge on any atom is -0.484 e. The Morgan fingerprint density at radius 1 is 0.889 bits per heavy atom. The Morgan fingerprint density at radius 3 is 2.19 bits per heavy atom. The van der Waals surface area contributed by atoms with E-state index in [1.54, 1.807) is 4.90 Å². The van der Waals surface area contributed by atoms with Gasteiger partial charge in [0.25, 0.3) is 5.91 Å². The van der Waals surface area contributed by atoms with Gasteiger partial charge in [0, 0.05) is 19.0 Å². The Labute approximate surface area is 215 Å². The van der Waals surface area contributed by atoms with Crippen molar-refractivity contribution in [3.8, 4) is 5.75 Å². The molecule has 36 heavy (non-hydrogen) atoms. The largest absolute Gasteiger partial charge is 0.484 e. The van der Waals surface area contributed by atoms with E-state index in [1.165, 1.54) is 5.56 Å². The molecule has 190 valence electrons. The lowest BCUT2D eigenvalue weighted by Crippen LogP contribution is -2.53. The van der Waals surface area contributed by atoms with E-state index in [-0.39, 0.29) is 24.5 Å². The quantitative estimate of drug-likeness (QED) is 0.368. The van der Waals surface area contributed by atoms with E-state index < -0.39 is 6.04 Å². The topological polar surface area (TPSA) is 58.6 Å². The van der Waals surface area contributed by atoms with Crippen LogP contribution in [0.4, 0.5) is 0 Å². The van der Waals surface area contributed by atoms with Gasteiger partial charge >= 0.3 is 0 Å². The van der Waals surface area contributed by atoms with Gasteiger partial charge in [-0.05, 0) is 61.1 Å². The molecule has 0 unspecified atom stereocenters. The third-order valence-corrected chi connectivity index (χ3v) is 6.57. The Morgan fingerprint density at radius 2 is 1.56 bits per heavy atom. The first-order valence-electron chi connectivity index (χ1n) is 12.8. The number of amides is 2. The van der Waals surface area contributed by atoms with Crippen LogP contribution in [-0.2, 0) is 29.0 Å². The van der Waals surface area contributed by atoms with E-state index >= 15 is 0 Å².